The standard InChI is InChI=1S/C17H18N2/c1-12-8-9-13(2)15(10-12)11-19-14(3)18-16-6-4-5-7-17(16)19/h4-10H,11H2,1-3H3. The number of fused-ring (bicyclic) bond motifs is 1. The van der Waals surface area contributed by atoms with Crippen molar-refractivity contribution in [3.05, 3.63) is 65.0 Å². The lowest BCUT2D eigenvalue weighted by Gasteiger charge is -2.10. The molecule has 2 aromatic carbocycles. The van der Waals surface area contributed by atoms with Gasteiger partial charge in [0.15, 0.2) is 0 Å². The van der Waals surface area contributed by atoms with Crippen molar-refractivity contribution in [1.29, 1.82) is 0 Å². The summed E-state index contributed by atoms with van der Waals surface area (Å²) in [5.41, 5.74) is 6.29. The van der Waals surface area contributed by atoms with E-state index in [1.165, 1.54) is 22.2 Å². The third kappa shape index (κ3) is 2.14. The largest absolute Gasteiger partial charge is 0.324 e. The van der Waals surface area contributed by atoms with E-state index in [9.17, 15) is 0 Å². The first-order chi connectivity index (χ1) is 9.15. The summed E-state index contributed by atoms with van der Waals surface area (Å²) in [4.78, 5) is 4.62. The minimum Gasteiger partial charge on any atom is -0.324 e. The average molecular weight is 250 g/mol. The summed E-state index contributed by atoms with van der Waals surface area (Å²) < 4.78 is 2.29. The number of aryl methyl sites for hydroxylation is 3. The van der Waals surface area contributed by atoms with E-state index < -0.39 is 0 Å². The van der Waals surface area contributed by atoms with Crippen LogP contribution in [0.1, 0.15) is 22.5 Å². The summed E-state index contributed by atoms with van der Waals surface area (Å²) in [5.74, 6) is 1.07. The van der Waals surface area contributed by atoms with E-state index in [4.69, 9.17) is 0 Å². The zero-order valence-corrected chi connectivity index (χ0v) is 11.6. The van der Waals surface area contributed by atoms with Gasteiger partial charge in [0, 0.05) is 6.54 Å². The highest BCUT2D eigenvalue weighted by Gasteiger charge is 2.08. The maximum absolute atomic E-state index is 4.62. The van der Waals surface area contributed by atoms with Gasteiger partial charge in [-0.1, -0.05) is 35.9 Å². The summed E-state index contributed by atoms with van der Waals surface area (Å²) in [7, 11) is 0. The Bertz CT molecular complexity index is 738. The molecule has 0 aliphatic rings. The van der Waals surface area contributed by atoms with Gasteiger partial charge in [0.05, 0.1) is 11.0 Å². The molecule has 0 spiro atoms. The lowest BCUT2D eigenvalue weighted by atomic mass is 10.1. The minimum absolute atomic E-state index is 0.889. The zero-order valence-electron chi connectivity index (χ0n) is 11.6. The van der Waals surface area contributed by atoms with Crippen molar-refractivity contribution in [2.75, 3.05) is 0 Å². The number of nitrogens with zero attached hydrogens (tertiary/aromatic N) is 2. The number of imidazole rings is 1. The Labute approximate surface area is 113 Å². The molecule has 0 bridgehead atoms. The monoisotopic (exact) mass is 250 g/mol. The van der Waals surface area contributed by atoms with E-state index in [1.807, 2.05) is 6.07 Å². The van der Waals surface area contributed by atoms with E-state index in [2.05, 4.69) is 66.7 Å². The van der Waals surface area contributed by atoms with Crippen LogP contribution in [0.2, 0.25) is 0 Å². The van der Waals surface area contributed by atoms with Crippen LogP contribution in [0, 0.1) is 20.8 Å². The summed E-state index contributed by atoms with van der Waals surface area (Å²) >= 11 is 0. The highest BCUT2D eigenvalue weighted by molar-refractivity contribution is 5.76. The lowest BCUT2D eigenvalue weighted by Crippen LogP contribution is -2.03. The number of para-hydroxylation sites is 2. The fourth-order valence-corrected chi connectivity index (χ4v) is 2.54. The Kier molecular flexibility index (Phi) is 2.86. The quantitative estimate of drug-likeness (QED) is 0.672. The van der Waals surface area contributed by atoms with Crippen molar-refractivity contribution in [2.24, 2.45) is 0 Å². The van der Waals surface area contributed by atoms with Gasteiger partial charge in [-0.05, 0) is 44.0 Å². The molecule has 0 atom stereocenters. The zero-order chi connectivity index (χ0) is 13.4. The van der Waals surface area contributed by atoms with Gasteiger partial charge in [0.1, 0.15) is 5.82 Å². The first kappa shape index (κ1) is 12.0. The second-order valence-corrected chi connectivity index (χ2v) is 5.16. The molecule has 2 heteroatoms. The van der Waals surface area contributed by atoms with Gasteiger partial charge in [-0.3, -0.25) is 0 Å². The topological polar surface area (TPSA) is 17.8 Å². The van der Waals surface area contributed by atoms with E-state index in [-0.39, 0.29) is 0 Å². The molecule has 0 saturated heterocycles. The number of benzene rings is 2. The molecule has 0 fully saturated rings. The van der Waals surface area contributed by atoms with Crippen LogP contribution in [0.25, 0.3) is 11.0 Å². The van der Waals surface area contributed by atoms with Gasteiger partial charge in [-0.15, -0.1) is 0 Å². The second kappa shape index (κ2) is 4.54. The molecule has 0 saturated carbocycles. The van der Waals surface area contributed by atoms with Crippen molar-refractivity contribution < 1.29 is 0 Å². The van der Waals surface area contributed by atoms with Gasteiger partial charge >= 0.3 is 0 Å². The molecule has 1 heterocycles. The SMILES string of the molecule is Cc1ccc(C)c(Cn2c(C)nc3ccccc32)c1. The third-order valence-corrected chi connectivity index (χ3v) is 3.68. The second-order valence-electron chi connectivity index (χ2n) is 5.16. The molecule has 19 heavy (non-hydrogen) atoms. The first-order valence-electron chi connectivity index (χ1n) is 6.63. The lowest BCUT2D eigenvalue weighted by molar-refractivity contribution is 0.781. The van der Waals surface area contributed by atoms with Crippen LogP contribution >= 0.6 is 0 Å². The molecular formula is C17H18N2. The van der Waals surface area contributed by atoms with Gasteiger partial charge in [-0.25, -0.2) is 4.98 Å². The van der Waals surface area contributed by atoms with Gasteiger partial charge in [0.2, 0.25) is 0 Å². The minimum atomic E-state index is 0.889. The predicted molar refractivity (Wildman–Crippen MR) is 79.5 cm³/mol. The maximum atomic E-state index is 4.62. The molecular weight excluding hydrogens is 232 g/mol. The van der Waals surface area contributed by atoms with Crippen LogP contribution in [0.15, 0.2) is 42.5 Å². The normalized spacial score (nSPS) is 11.1. The Morgan fingerprint density at radius 2 is 1.79 bits per heavy atom. The van der Waals surface area contributed by atoms with Crippen molar-refractivity contribution in [2.45, 2.75) is 27.3 Å². The maximum Gasteiger partial charge on any atom is 0.107 e. The molecule has 0 aliphatic heterocycles. The number of hydrogen-bond donors (Lipinski definition) is 0. The van der Waals surface area contributed by atoms with E-state index in [0.29, 0.717) is 0 Å². The molecule has 0 radical (unpaired) electrons. The van der Waals surface area contributed by atoms with Crippen molar-refractivity contribution >= 4 is 11.0 Å². The van der Waals surface area contributed by atoms with Crippen LogP contribution < -0.4 is 0 Å². The molecule has 3 rings (SSSR count). The van der Waals surface area contributed by atoms with E-state index >= 15 is 0 Å². The predicted octanol–water partition coefficient (Wildman–Crippen LogP) is 4.01. The van der Waals surface area contributed by atoms with Crippen LogP contribution in [-0.4, -0.2) is 9.55 Å². The van der Waals surface area contributed by atoms with Crippen LogP contribution in [0.3, 0.4) is 0 Å². The number of hydrogen-bond acceptors (Lipinski definition) is 1. The van der Waals surface area contributed by atoms with Crippen molar-refractivity contribution in [1.82, 2.24) is 9.55 Å². The van der Waals surface area contributed by atoms with Crippen molar-refractivity contribution in [3.8, 4) is 0 Å². The summed E-state index contributed by atoms with van der Waals surface area (Å²) in [6, 6.07) is 14.9. The van der Waals surface area contributed by atoms with Crippen LogP contribution in [0.5, 0.6) is 0 Å². The van der Waals surface area contributed by atoms with Crippen LogP contribution in [0.4, 0.5) is 0 Å². The van der Waals surface area contributed by atoms with Gasteiger partial charge in [-0.2, -0.15) is 0 Å². The smallest absolute Gasteiger partial charge is 0.107 e. The average Bonchev–Trinajstić information content (AvgIpc) is 2.71. The van der Waals surface area contributed by atoms with Crippen LogP contribution in [-0.2, 0) is 6.54 Å². The Morgan fingerprint density at radius 1 is 1.00 bits per heavy atom. The van der Waals surface area contributed by atoms with Gasteiger partial charge in [0.25, 0.3) is 0 Å². The van der Waals surface area contributed by atoms with E-state index in [0.717, 1.165) is 17.9 Å². The molecule has 3 aromatic rings. The van der Waals surface area contributed by atoms with E-state index in [1.54, 1.807) is 0 Å². The molecule has 2 nitrogen and oxygen atoms in total. The number of rotatable bonds is 2. The third-order valence-electron chi connectivity index (χ3n) is 3.68. The fraction of sp³-hybridized carbons (Fsp3) is 0.235. The van der Waals surface area contributed by atoms with Crippen molar-refractivity contribution in [3.63, 3.8) is 0 Å². The first-order valence-corrected chi connectivity index (χ1v) is 6.63. The molecule has 0 unspecified atom stereocenters. The summed E-state index contributed by atoms with van der Waals surface area (Å²) in [6.45, 7) is 7.27. The highest BCUT2D eigenvalue weighted by Crippen LogP contribution is 2.19. The molecule has 1 aromatic heterocycles. The molecule has 0 aliphatic carbocycles. The van der Waals surface area contributed by atoms with Gasteiger partial charge < -0.3 is 4.57 Å². The molecule has 0 N–H and O–H groups in total. The Morgan fingerprint density at radius 3 is 2.63 bits per heavy atom. The number of aromatic nitrogens is 2. The Balaban J connectivity index is 2.10. The summed E-state index contributed by atoms with van der Waals surface area (Å²) in [6.07, 6.45) is 0. The Hall–Kier alpha value is -2.09. The molecule has 0 amide bonds. The highest BCUT2D eigenvalue weighted by atomic mass is 15.1. The fourth-order valence-electron chi connectivity index (χ4n) is 2.54. The summed E-state index contributed by atoms with van der Waals surface area (Å²) in [5, 5.41) is 0. The molecule has 96 valence electrons.